The molecule has 0 radical (unpaired) electrons. The Morgan fingerprint density at radius 3 is 0.955 bits per heavy atom. The summed E-state index contributed by atoms with van der Waals surface area (Å²) < 4.78 is 0. The van der Waals surface area contributed by atoms with Crippen LogP contribution in [0.15, 0.2) is 121 Å². The summed E-state index contributed by atoms with van der Waals surface area (Å²) in [5.74, 6) is 0. The van der Waals surface area contributed by atoms with Gasteiger partial charge in [0.05, 0.1) is 0 Å². The van der Waals surface area contributed by atoms with Gasteiger partial charge in [0.2, 0.25) is 0 Å². The Bertz CT molecular complexity index is 1300. The minimum Gasteiger partial charge on any atom is -0.292 e. The number of nitrogens with zero attached hydrogens (tertiary/aromatic N) is 4. The number of benzene rings is 4. The van der Waals surface area contributed by atoms with Gasteiger partial charge in [-0.05, 0) is 49.9 Å². The summed E-state index contributed by atoms with van der Waals surface area (Å²) >= 11 is 0. The van der Waals surface area contributed by atoms with Gasteiger partial charge >= 0.3 is 0 Å². The lowest BCUT2D eigenvalue weighted by Gasteiger charge is -2.51. The standard InChI is InChI=1S/C40H50N4/c1-31(2)43-29-37(33-17-9-5-10-18-33)41(27-39(43)35-21-13-7-14-22-35)25-26-42-28-40(36-23-15-8-16-24-36)44(32(3)4)30-38(42)34-19-11-6-12-20-34/h5-24,31-32,37-40H,25-30H2,1-4H3. The first kappa shape index (κ1) is 30.7. The molecule has 2 fully saturated rings. The Hall–Kier alpha value is -3.28. The molecule has 0 aliphatic carbocycles. The SMILES string of the molecule is CC(C)N1CC(c2ccccc2)N(CCN2CC(c3ccccc3)N(C(C)C)CC2c2ccccc2)CC1c1ccccc1. The van der Waals surface area contributed by atoms with Gasteiger partial charge in [-0.15, -0.1) is 0 Å². The van der Waals surface area contributed by atoms with Gasteiger partial charge in [0.1, 0.15) is 0 Å². The molecule has 4 aromatic rings. The molecule has 4 heteroatoms. The lowest BCUT2D eigenvalue weighted by Crippen LogP contribution is -2.56. The fourth-order valence-corrected chi connectivity index (χ4v) is 7.61. The van der Waals surface area contributed by atoms with Gasteiger partial charge in [-0.25, -0.2) is 0 Å². The van der Waals surface area contributed by atoms with Crippen molar-refractivity contribution in [3.63, 3.8) is 0 Å². The second kappa shape index (κ2) is 14.2. The monoisotopic (exact) mass is 586 g/mol. The van der Waals surface area contributed by atoms with E-state index in [0.29, 0.717) is 36.3 Å². The van der Waals surface area contributed by atoms with E-state index in [9.17, 15) is 0 Å². The summed E-state index contributed by atoms with van der Waals surface area (Å²) in [4.78, 5) is 11.0. The highest BCUT2D eigenvalue weighted by atomic mass is 15.4. The number of piperazine rings is 2. The number of rotatable bonds is 9. The molecule has 2 saturated heterocycles. The van der Waals surface area contributed by atoms with Gasteiger partial charge in [0.25, 0.3) is 0 Å². The molecule has 230 valence electrons. The van der Waals surface area contributed by atoms with Crippen LogP contribution in [0.1, 0.15) is 74.1 Å². The second-order valence-corrected chi connectivity index (χ2v) is 13.3. The second-order valence-electron chi connectivity index (χ2n) is 13.3. The molecule has 2 aliphatic rings. The van der Waals surface area contributed by atoms with Crippen molar-refractivity contribution < 1.29 is 0 Å². The molecule has 0 saturated carbocycles. The van der Waals surface area contributed by atoms with E-state index >= 15 is 0 Å². The van der Waals surface area contributed by atoms with Crippen molar-refractivity contribution in [2.24, 2.45) is 0 Å². The molecule has 0 N–H and O–H groups in total. The molecular formula is C40H50N4. The fourth-order valence-electron chi connectivity index (χ4n) is 7.61. The predicted molar refractivity (Wildman–Crippen MR) is 184 cm³/mol. The highest BCUT2D eigenvalue weighted by Gasteiger charge is 2.39. The van der Waals surface area contributed by atoms with E-state index in [2.05, 4.69) is 169 Å². The molecule has 0 amide bonds. The van der Waals surface area contributed by atoms with Crippen molar-refractivity contribution in [1.82, 2.24) is 19.6 Å². The summed E-state index contributed by atoms with van der Waals surface area (Å²) in [6.45, 7) is 15.7. The topological polar surface area (TPSA) is 13.0 Å². The normalized spacial score (nSPS) is 24.2. The Kier molecular flexibility index (Phi) is 9.93. The third-order valence-corrected chi connectivity index (χ3v) is 10.0. The summed E-state index contributed by atoms with van der Waals surface area (Å²) in [6.07, 6.45) is 0. The molecule has 4 nitrogen and oxygen atoms in total. The minimum atomic E-state index is 0.371. The molecule has 0 aromatic heterocycles. The van der Waals surface area contributed by atoms with Gasteiger partial charge < -0.3 is 0 Å². The van der Waals surface area contributed by atoms with Crippen LogP contribution in [-0.4, -0.2) is 71.0 Å². The van der Waals surface area contributed by atoms with E-state index in [-0.39, 0.29) is 0 Å². The van der Waals surface area contributed by atoms with Crippen molar-refractivity contribution in [1.29, 1.82) is 0 Å². The van der Waals surface area contributed by atoms with Crippen LogP contribution in [0, 0.1) is 0 Å². The summed E-state index contributed by atoms with van der Waals surface area (Å²) in [5.41, 5.74) is 5.70. The largest absolute Gasteiger partial charge is 0.292 e. The van der Waals surface area contributed by atoms with Crippen LogP contribution in [0.2, 0.25) is 0 Å². The maximum atomic E-state index is 2.79. The zero-order valence-electron chi connectivity index (χ0n) is 27.0. The third kappa shape index (κ3) is 6.84. The average molecular weight is 587 g/mol. The summed E-state index contributed by atoms with van der Waals surface area (Å²) in [6, 6.07) is 47.3. The molecule has 2 aliphatic heterocycles. The van der Waals surface area contributed by atoms with Crippen LogP contribution < -0.4 is 0 Å². The summed E-state index contributed by atoms with van der Waals surface area (Å²) in [5, 5.41) is 0. The molecular weight excluding hydrogens is 536 g/mol. The number of hydrogen-bond acceptors (Lipinski definition) is 4. The van der Waals surface area contributed by atoms with E-state index in [1.165, 1.54) is 22.3 Å². The van der Waals surface area contributed by atoms with Crippen LogP contribution in [0.25, 0.3) is 0 Å². The Balaban J connectivity index is 1.31. The van der Waals surface area contributed by atoms with Crippen molar-refractivity contribution >= 4 is 0 Å². The van der Waals surface area contributed by atoms with E-state index in [0.717, 1.165) is 39.3 Å². The first-order valence-electron chi connectivity index (χ1n) is 16.7. The van der Waals surface area contributed by atoms with Gasteiger partial charge in [-0.3, -0.25) is 19.6 Å². The molecule has 4 atom stereocenters. The van der Waals surface area contributed by atoms with Crippen molar-refractivity contribution in [2.45, 2.75) is 63.9 Å². The van der Waals surface area contributed by atoms with Gasteiger partial charge in [0, 0.05) is 75.5 Å². The van der Waals surface area contributed by atoms with Crippen LogP contribution in [0.5, 0.6) is 0 Å². The van der Waals surface area contributed by atoms with Crippen LogP contribution in [-0.2, 0) is 0 Å². The first-order chi connectivity index (χ1) is 21.5. The zero-order valence-corrected chi connectivity index (χ0v) is 27.0. The van der Waals surface area contributed by atoms with E-state index in [1.807, 2.05) is 0 Å². The molecule has 0 bridgehead atoms. The van der Waals surface area contributed by atoms with Crippen molar-refractivity contribution in [2.75, 3.05) is 39.3 Å². The molecule has 2 heterocycles. The smallest absolute Gasteiger partial charge is 0.0478 e. The lowest BCUT2D eigenvalue weighted by molar-refractivity contribution is -0.0206. The molecule has 4 unspecified atom stereocenters. The maximum Gasteiger partial charge on any atom is 0.0478 e. The number of hydrogen-bond donors (Lipinski definition) is 0. The zero-order chi connectivity index (χ0) is 30.5. The Labute approximate surface area is 265 Å². The highest BCUT2D eigenvalue weighted by Crippen LogP contribution is 2.38. The van der Waals surface area contributed by atoms with E-state index < -0.39 is 0 Å². The van der Waals surface area contributed by atoms with Gasteiger partial charge in [-0.2, -0.15) is 0 Å². The van der Waals surface area contributed by atoms with Gasteiger partial charge in [0.15, 0.2) is 0 Å². The highest BCUT2D eigenvalue weighted by molar-refractivity contribution is 5.26. The van der Waals surface area contributed by atoms with Crippen LogP contribution in [0.4, 0.5) is 0 Å². The van der Waals surface area contributed by atoms with Crippen molar-refractivity contribution in [3.05, 3.63) is 144 Å². The third-order valence-electron chi connectivity index (χ3n) is 10.0. The Morgan fingerprint density at radius 2 is 0.682 bits per heavy atom. The quantitative estimate of drug-likeness (QED) is 0.197. The van der Waals surface area contributed by atoms with E-state index in [4.69, 9.17) is 0 Å². The lowest BCUT2D eigenvalue weighted by atomic mass is 9.93. The predicted octanol–water partition coefficient (Wildman–Crippen LogP) is 8.00. The van der Waals surface area contributed by atoms with Crippen molar-refractivity contribution in [3.8, 4) is 0 Å². The molecule has 4 aromatic carbocycles. The average Bonchev–Trinajstić information content (AvgIpc) is 3.08. The molecule has 6 rings (SSSR count). The van der Waals surface area contributed by atoms with Crippen LogP contribution in [0.3, 0.4) is 0 Å². The Morgan fingerprint density at radius 1 is 0.409 bits per heavy atom. The molecule has 44 heavy (non-hydrogen) atoms. The minimum absolute atomic E-state index is 0.371. The van der Waals surface area contributed by atoms with E-state index in [1.54, 1.807) is 0 Å². The maximum absolute atomic E-state index is 2.79. The fraction of sp³-hybridized carbons (Fsp3) is 0.400. The molecule has 0 spiro atoms. The van der Waals surface area contributed by atoms with Crippen LogP contribution >= 0.6 is 0 Å². The summed E-state index contributed by atoms with van der Waals surface area (Å²) in [7, 11) is 0. The van der Waals surface area contributed by atoms with Gasteiger partial charge in [-0.1, -0.05) is 121 Å². The first-order valence-corrected chi connectivity index (χ1v) is 16.7.